The topological polar surface area (TPSA) is 58.4 Å². The normalized spacial score (nSPS) is 31.2. The van der Waals surface area contributed by atoms with Gasteiger partial charge in [0.15, 0.2) is 0 Å². The van der Waals surface area contributed by atoms with E-state index in [9.17, 15) is 4.79 Å². The minimum Gasteiger partial charge on any atom is -0.369 e. The molecule has 2 fully saturated rings. The quantitative estimate of drug-likeness (QED) is 0.586. The second-order valence-electron chi connectivity index (χ2n) is 4.05. The highest BCUT2D eigenvalue weighted by Gasteiger charge is 2.31. The number of hydrogen-bond donors (Lipinski definition) is 2. The van der Waals surface area contributed by atoms with Crippen LogP contribution in [0.2, 0.25) is 0 Å². The largest absolute Gasteiger partial charge is 0.369 e. The van der Waals surface area contributed by atoms with Crippen molar-refractivity contribution in [1.29, 1.82) is 0 Å². The third-order valence-electron chi connectivity index (χ3n) is 3.13. The van der Waals surface area contributed by atoms with E-state index in [1.165, 1.54) is 0 Å². The Hall–Kier alpha value is -0.610. The molecule has 2 heterocycles. The molecule has 4 nitrogen and oxygen atoms in total. The van der Waals surface area contributed by atoms with Crippen molar-refractivity contribution < 1.29 is 4.79 Å². The molecule has 0 aromatic rings. The van der Waals surface area contributed by atoms with Crippen molar-refractivity contribution in [3.63, 3.8) is 0 Å². The van der Waals surface area contributed by atoms with E-state index >= 15 is 0 Å². The molecule has 0 aromatic heterocycles. The third kappa shape index (κ3) is 1.84. The Balaban J connectivity index is 1.87. The zero-order valence-electron chi connectivity index (χ0n) is 7.83. The van der Waals surface area contributed by atoms with Crippen LogP contribution in [-0.2, 0) is 4.79 Å². The summed E-state index contributed by atoms with van der Waals surface area (Å²) in [5, 5.41) is 3.24. The van der Waals surface area contributed by atoms with Crippen LogP contribution in [0.15, 0.2) is 0 Å². The minimum absolute atomic E-state index is 0.0920. The molecule has 4 heteroatoms. The van der Waals surface area contributed by atoms with E-state index in [0.717, 1.165) is 39.0 Å². The Morgan fingerprint density at radius 2 is 2.23 bits per heavy atom. The summed E-state index contributed by atoms with van der Waals surface area (Å²) < 4.78 is 0. The molecular formula is C9H17N3O. The molecule has 0 aromatic carbocycles. The predicted octanol–water partition coefficient (Wildman–Crippen LogP) is -0.844. The summed E-state index contributed by atoms with van der Waals surface area (Å²) in [6.45, 7) is 4.16. The van der Waals surface area contributed by atoms with Crippen molar-refractivity contribution in [2.75, 3.05) is 26.2 Å². The fraction of sp³-hybridized carbons (Fsp3) is 0.889. The van der Waals surface area contributed by atoms with E-state index in [2.05, 4.69) is 10.2 Å². The van der Waals surface area contributed by atoms with Crippen LogP contribution in [0.4, 0.5) is 0 Å². The van der Waals surface area contributed by atoms with Crippen LogP contribution in [0.3, 0.4) is 0 Å². The highest BCUT2D eigenvalue weighted by atomic mass is 16.1. The van der Waals surface area contributed by atoms with Gasteiger partial charge in [-0.1, -0.05) is 0 Å². The Kier molecular flexibility index (Phi) is 2.51. The SMILES string of the molecule is NC(=O)C1CCCN(C2CNC2)C1. The molecule has 1 amide bonds. The smallest absolute Gasteiger partial charge is 0.221 e. The summed E-state index contributed by atoms with van der Waals surface area (Å²) in [6.07, 6.45) is 2.09. The third-order valence-corrected chi connectivity index (χ3v) is 3.13. The summed E-state index contributed by atoms with van der Waals surface area (Å²) in [5.41, 5.74) is 5.31. The van der Waals surface area contributed by atoms with Gasteiger partial charge in [0.05, 0.1) is 5.92 Å². The second-order valence-corrected chi connectivity index (χ2v) is 4.05. The summed E-state index contributed by atoms with van der Waals surface area (Å²) in [7, 11) is 0. The molecule has 0 bridgehead atoms. The van der Waals surface area contributed by atoms with Crippen molar-refractivity contribution in [1.82, 2.24) is 10.2 Å². The maximum atomic E-state index is 11.0. The first-order valence-corrected chi connectivity index (χ1v) is 5.01. The molecule has 74 valence electrons. The average Bonchev–Trinajstić information content (AvgIpc) is 2.01. The maximum Gasteiger partial charge on any atom is 0.221 e. The van der Waals surface area contributed by atoms with Crippen molar-refractivity contribution >= 4 is 5.91 Å². The van der Waals surface area contributed by atoms with Gasteiger partial charge in [0.1, 0.15) is 0 Å². The second kappa shape index (κ2) is 3.64. The van der Waals surface area contributed by atoms with Gasteiger partial charge < -0.3 is 11.1 Å². The van der Waals surface area contributed by atoms with Crippen LogP contribution >= 0.6 is 0 Å². The molecule has 3 N–H and O–H groups in total. The standard InChI is InChI=1S/C9H17N3O/c10-9(13)7-2-1-3-12(6-7)8-4-11-5-8/h7-8,11H,1-6H2,(H2,10,13). The van der Waals surface area contributed by atoms with Crippen LogP contribution in [0.5, 0.6) is 0 Å². The van der Waals surface area contributed by atoms with Gasteiger partial charge in [-0.25, -0.2) is 0 Å². The Morgan fingerprint density at radius 3 is 2.77 bits per heavy atom. The lowest BCUT2D eigenvalue weighted by Crippen LogP contribution is -2.60. The van der Waals surface area contributed by atoms with Crippen LogP contribution in [0, 0.1) is 5.92 Å². The number of nitrogens with zero attached hydrogens (tertiary/aromatic N) is 1. The first-order chi connectivity index (χ1) is 6.27. The zero-order chi connectivity index (χ0) is 9.26. The number of nitrogens with two attached hydrogens (primary N) is 1. The van der Waals surface area contributed by atoms with Gasteiger partial charge in [-0.05, 0) is 19.4 Å². The van der Waals surface area contributed by atoms with Gasteiger partial charge in [-0.2, -0.15) is 0 Å². The lowest BCUT2D eigenvalue weighted by atomic mass is 9.95. The fourth-order valence-corrected chi connectivity index (χ4v) is 2.10. The Morgan fingerprint density at radius 1 is 1.46 bits per heavy atom. The summed E-state index contributed by atoms with van der Waals surface area (Å²) in [4.78, 5) is 13.4. The number of hydrogen-bond acceptors (Lipinski definition) is 3. The number of rotatable bonds is 2. The first kappa shape index (κ1) is 8.97. The van der Waals surface area contributed by atoms with Crippen molar-refractivity contribution in [3.05, 3.63) is 0 Å². The molecule has 2 aliphatic heterocycles. The number of amides is 1. The Labute approximate surface area is 78.5 Å². The molecule has 2 aliphatic rings. The molecule has 0 spiro atoms. The number of nitrogens with one attached hydrogen (secondary N) is 1. The van der Waals surface area contributed by atoms with E-state index in [-0.39, 0.29) is 11.8 Å². The van der Waals surface area contributed by atoms with Crippen molar-refractivity contribution in [2.45, 2.75) is 18.9 Å². The molecule has 13 heavy (non-hydrogen) atoms. The lowest BCUT2D eigenvalue weighted by Gasteiger charge is -2.42. The van der Waals surface area contributed by atoms with E-state index in [1.54, 1.807) is 0 Å². The summed E-state index contributed by atoms with van der Waals surface area (Å²) in [5.74, 6) is -0.0358. The van der Waals surface area contributed by atoms with Crippen LogP contribution in [0.1, 0.15) is 12.8 Å². The van der Waals surface area contributed by atoms with Gasteiger partial charge in [0.25, 0.3) is 0 Å². The highest BCUT2D eigenvalue weighted by Crippen LogP contribution is 2.19. The van der Waals surface area contributed by atoms with Gasteiger partial charge >= 0.3 is 0 Å². The number of likely N-dealkylation sites (tertiary alicyclic amines) is 1. The number of piperidine rings is 1. The number of carbonyl (C=O) groups is 1. The van der Waals surface area contributed by atoms with Crippen LogP contribution < -0.4 is 11.1 Å². The van der Waals surface area contributed by atoms with Gasteiger partial charge in [-0.3, -0.25) is 9.69 Å². The van der Waals surface area contributed by atoms with Gasteiger partial charge in [0, 0.05) is 25.7 Å². The molecule has 2 saturated heterocycles. The van der Waals surface area contributed by atoms with Crippen LogP contribution in [-0.4, -0.2) is 43.0 Å². The molecule has 2 rings (SSSR count). The molecule has 0 radical (unpaired) electrons. The van der Waals surface area contributed by atoms with Gasteiger partial charge in [-0.15, -0.1) is 0 Å². The van der Waals surface area contributed by atoms with E-state index in [4.69, 9.17) is 5.73 Å². The fourth-order valence-electron chi connectivity index (χ4n) is 2.10. The van der Waals surface area contributed by atoms with Crippen molar-refractivity contribution in [2.24, 2.45) is 11.7 Å². The first-order valence-electron chi connectivity index (χ1n) is 5.01. The molecule has 1 unspecified atom stereocenters. The lowest BCUT2D eigenvalue weighted by molar-refractivity contribution is -0.123. The van der Waals surface area contributed by atoms with E-state index in [1.807, 2.05) is 0 Å². The highest BCUT2D eigenvalue weighted by molar-refractivity contribution is 5.76. The summed E-state index contributed by atoms with van der Waals surface area (Å²) in [6, 6.07) is 0.655. The maximum absolute atomic E-state index is 11.0. The number of carbonyl (C=O) groups excluding carboxylic acids is 1. The Bertz CT molecular complexity index is 203. The minimum atomic E-state index is -0.128. The van der Waals surface area contributed by atoms with Crippen LogP contribution in [0.25, 0.3) is 0 Å². The number of primary amides is 1. The molecule has 0 aliphatic carbocycles. The predicted molar refractivity (Wildman–Crippen MR) is 50.1 cm³/mol. The van der Waals surface area contributed by atoms with E-state index in [0.29, 0.717) is 6.04 Å². The van der Waals surface area contributed by atoms with E-state index < -0.39 is 0 Å². The molecule has 0 saturated carbocycles. The van der Waals surface area contributed by atoms with Crippen molar-refractivity contribution in [3.8, 4) is 0 Å². The zero-order valence-corrected chi connectivity index (χ0v) is 7.83. The van der Waals surface area contributed by atoms with Gasteiger partial charge in [0.2, 0.25) is 5.91 Å². The monoisotopic (exact) mass is 183 g/mol. The molecular weight excluding hydrogens is 166 g/mol. The molecule has 1 atom stereocenters. The summed E-state index contributed by atoms with van der Waals surface area (Å²) >= 11 is 0. The average molecular weight is 183 g/mol.